The predicted molar refractivity (Wildman–Crippen MR) is 66.7 cm³/mol. The van der Waals surface area contributed by atoms with Gasteiger partial charge in [-0.05, 0) is 19.3 Å². The molecule has 0 aliphatic heterocycles. The Labute approximate surface area is 110 Å². The molecule has 19 heavy (non-hydrogen) atoms. The molecule has 1 saturated carbocycles. The van der Waals surface area contributed by atoms with Crippen molar-refractivity contribution in [2.24, 2.45) is 0 Å². The number of nitrogens with one attached hydrogen (secondary N) is 1. The normalized spacial score (nSPS) is 16.7. The number of carboxylic acid groups (broad SMARTS) is 1. The molecule has 0 radical (unpaired) electrons. The van der Waals surface area contributed by atoms with Crippen LogP contribution >= 0.6 is 0 Å². The molecule has 1 fully saturated rings. The Morgan fingerprint density at radius 2 is 2.32 bits per heavy atom. The fourth-order valence-corrected chi connectivity index (χ4v) is 2.16. The number of hydrogen-bond acceptors (Lipinski definition) is 4. The topological polar surface area (TPSA) is 93.5 Å². The summed E-state index contributed by atoms with van der Waals surface area (Å²) < 4.78 is 6.63. The summed E-state index contributed by atoms with van der Waals surface area (Å²) in [4.78, 5) is 22.4. The predicted octanol–water partition coefficient (Wildman–Crippen LogP) is 0.865. The summed E-state index contributed by atoms with van der Waals surface area (Å²) in [5.41, 5.74) is -0.326. The zero-order valence-corrected chi connectivity index (χ0v) is 10.8. The first-order chi connectivity index (χ1) is 9.03. The summed E-state index contributed by atoms with van der Waals surface area (Å²) in [6.07, 6.45) is 4.68. The Kier molecular flexibility index (Phi) is 3.84. The molecule has 7 heteroatoms. The van der Waals surface area contributed by atoms with Gasteiger partial charge in [0.05, 0.1) is 12.0 Å². The van der Waals surface area contributed by atoms with E-state index in [1.165, 1.54) is 10.9 Å². The zero-order valence-electron chi connectivity index (χ0n) is 10.8. The van der Waals surface area contributed by atoms with E-state index in [2.05, 4.69) is 10.4 Å². The SMILES string of the molecule is COC1(CC(=O)Nc2ccn(CC(=O)O)n2)CCC1. The van der Waals surface area contributed by atoms with Gasteiger partial charge in [0.1, 0.15) is 6.54 Å². The minimum Gasteiger partial charge on any atom is -0.480 e. The molecule has 0 aromatic carbocycles. The van der Waals surface area contributed by atoms with Crippen LogP contribution in [0.1, 0.15) is 25.7 Å². The highest BCUT2D eigenvalue weighted by Gasteiger charge is 2.39. The maximum atomic E-state index is 11.9. The second kappa shape index (κ2) is 5.40. The van der Waals surface area contributed by atoms with Crippen LogP contribution in [0.5, 0.6) is 0 Å². The highest BCUT2D eigenvalue weighted by Crippen LogP contribution is 2.38. The van der Waals surface area contributed by atoms with Gasteiger partial charge in [-0.15, -0.1) is 0 Å². The molecule has 7 nitrogen and oxygen atoms in total. The van der Waals surface area contributed by atoms with Crippen molar-refractivity contribution in [3.05, 3.63) is 12.3 Å². The highest BCUT2D eigenvalue weighted by molar-refractivity contribution is 5.90. The smallest absolute Gasteiger partial charge is 0.325 e. The maximum absolute atomic E-state index is 11.9. The molecule has 0 atom stereocenters. The summed E-state index contributed by atoms with van der Waals surface area (Å²) in [6, 6.07) is 1.57. The van der Waals surface area contributed by atoms with Crippen LogP contribution < -0.4 is 5.32 Å². The molecule has 0 spiro atoms. The Morgan fingerprint density at radius 3 is 2.84 bits per heavy atom. The van der Waals surface area contributed by atoms with Gasteiger partial charge >= 0.3 is 5.97 Å². The molecule has 0 unspecified atom stereocenters. The molecule has 1 aromatic rings. The molecule has 1 heterocycles. The molecule has 1 amide bonds. The van der Waals surface area contributed by atoms with Gasteiger partial charge in [0.2, 0.25) is 5.91 Å². The number of amides is 1. The molecule has 1 aliphatic carbocycles. The standard InChI is InChI=1S/C12H17N3O4/c1-19-12(4-2-5-12)7-10(16)13-9-3-6-15(14-9)8-11(17)18/h3,6H,2,4-5,7-8H2,1H3,(H,17,18)(H,13,14,16). The number of carboxylic acids is 1. The third kappa shape index (κ3) is 3.31. The molecule has 104 valence electrons. The van der Waals surface area contributed by atoms with E-state index >= 15 is 0 Å². The Bertz CT molecular complexity index is 474. The fraction of sp³-hybridized carbons (Fsp3) is 0.583. The summed E-state index contributed by atoms with van der Waals surface area (Å²) in [5, 5.41) is 15.2. The number of rotatable bonds is 6. The number of aliphatic carboxylic acids is 1. The van der Waals surface area contributed by atoms with Crippen LogP contribution in [-0.4, -0.2) is 39.5 Å². The first-order valence-corrected chi connectivity index (χ1v) is 6.13. The van der Waals surface area contributed by atoms with Crippen molar-refractivity contribution < 1.29 is 19.4 Å². The lowest BCUT2D eigenvalue weighted by Gasteiger charge is -2.39. The van der Waals surface area contributed by atoms with E-state index in [9.17, 15) is 9.59 Å². The van der Waals surface area contributed by atoms with Gasteiger partial charge in [0, 0.05) is 19.4 Å². The second-order valence-electron chi connectivity index (χ2n) is 4.76. The van der Waals surface area contributed by atoms with E-state index in [1.807, 2.05) is 0 Å². The minimum absolute atomic E-state index is 0.165. The lowest BCUT2D eigenvalue weighted by atomic mass is 9.77. The number of carbonyl (C=O) groups excluding carboxylic acids is 1. The molecule has 1 aromatic heterocycles. The van der Waals surface area contributed by atoms with Crippen LogP contribution in [0.4, 0.5) is 5.82 Å². The third-order valence-electron chi connectivity index (χ3n) is 3.39. The van der Waals surface area contributed by atoms with E-state index in [1.54, 1.807) is 13.2 Å². The van der Waals surface area contributed by atoms with Crippen LogP contribution in [0, 0.1) is 0 Å². The van der Waals surface area contributed by atoms with Crippen molar-refractivity contribution in [3.63, 3.8) is 0 Å². The van der Waals surface area contributed by atoms with Crippen LogP contribution in [0.3, 0.4) is 0 Å². The molecular formula is C12H17N3O4. The molecule has 2 rings (SSSR count). The molecule has 0 saturated heterocycles. The summed E-state index contributed by atoms with van der Waals surface area (Å²) >= 11 is 0. The zero-order chi connectivity index (χ0) is 13.9. The lowest BCUT2D eigenvalue weighted by Crippen LogP contribution is -2.42. The van der Waals surface area contributed by atoms with E-state index < -0.39 is 5.97 Å². The number of anilines is 1. The van der Waals surface area contributed by atoms with Gasteiger partial charge in [-0.1, -0.05) is 0 Å². The average Bonchev–Trinajstić information content (AvgIpc) is 2.70. The van der Waals surface area contributed by atoms with Crippen LogP contribution in [0.15, 0.2) is 12.3 Å². The van der Waals surface area contributed by atoms with Crippen molar-refractivity contribution in [1.82, 2.24) is 9.78 Å². The van der Waals surface area contributed by atoms with Gasteiger partial charge in [-0.25, -0.2) is 0 Å². The Morgan fingerprint density at radius 1 is 1.58 bits per heavy atom. The number of aromatic nitrogens is 2. The van der Waals surface area contributed by atoms with Gasteiger partial charge in [0.15, 0.2) is 5.82 Å². The van der Waals surface area contributed by atoms with Crippen molar-refractivity contribution in [2.75, 3.05) is 12.4 Å². The van der Waals surface area contributed by atoms with Gasteiger partial charge in [0.25, 0.3) is 0 Å². The summed E-state index contributed by atoms with van der Waals surface area (Å²) in [7, 11) is 1.62. The second-order valence-corrected chi connectivity index (χ2v) is 4.76. The number of carbonyl (C=O) groups is 2. The van der Waals surface area contributed by atoms with Crippen molar-refractivity contribution >= 4 is 17.7 Å². The van der Waals surface area contributed by atoms with E-state index in [0.29, 0.717) is 12.2 Å². The fourth-order valence-electron chi connectivity index (χ4n) is 2.16. The van der Waals surface area contributed by atoms with E-state index in [-0.39, 0.29) is 18.1 Å². The van der Waals surface area contributed by atoms with Crippen LogP contribution in [-0.2, 0) is 20.9 Å². The summed E-state index contributed by atoms with van der Waals surface area (Å²) in [6.45, 7) is -0.224. The Balaban J connectivity index is 1.88. The maximum Gasteiger partial charge on any atom is 0.325 e. The first kappa shape index (κ1) is 13.5. The van der Waals surface area contributed by atoms with Gasteiger partial charge < -0.3 is 15.2 Å². The Hall–Kier alpha value is -1.89. The van der Waals surface area contributed by atoms with Crippen molar-refractivity contribution in [2.45, 2.75) is 37.8 Å². The largest absolute Gasteiger partial charge is 0.480 e. The quantitative estimate of drug-likeness (QED) is 0.797. The van der Waals surface area contributed by atoms with Crippen molar-refractivity contribution in [1.29, 1.82) is 0 Å². The minimum atomic E-state index is -0.978. The number of methoxy groups -OCH3 is 1. The number of nitrogens with zero attached hydrogens (tertiary/aromatic N) is 2. The monoisotopic (exact) mass is 267 g/mol. The number of hydrogen-bond donors (Lipinski definition) is 2. The molecule has 2 N–H and O–H groups in total. The molecule has 0 bridgehead atoms. The third-order valence-corrected chi connectivity index (χ3v) is 3.39. The van der Waals surface area contributed by atoms with Crippen molar-refractivity contribution in [3.8, 4) is 0 Å². The highest BCUT2D eigenvalue weighted by atomic mass is 16.5. The number of ether oxygens (including phenoxy) is 1. The van der Waals surface area contributed by atoms with Gasteiger partial charge in [-0.2, -0.15) is 5.10 Å². The van der Waals surface area contributed by atoms with Gasteiger partial charge in [-0.3, -0.25) is 14.3 Å². The molecular weight excluding hydrogens is 250 g/mol. The van der Waals surface area contributed by atoms with E-state index in [4.69, 9.17) is 9.84 Å². The lowest BCUT2D eigenvalue weighted by molar-refractivity contribution is -0.137. The van der Waals surface area contributed by atoms with Crippen LogP contribution in [0.25, 0.3) is 0 Å². The van der Waals surface area contributed by atoms with E-state index in [0.717, 1.165) is 19.3 Å². The van der Waals surface area contributed by atoms with Crippen LogP contribution in [0.2, 0.25) is 0 Å². The average molecular weight is 267 g/mol. The first-order valence-electron chi connectivity index (χ1n) is 6.13. The summed E-state index contributed by atoms with van der Waals surface area (Å²) in [5.74, 6) is -0.785. The molecule has 1 aliphatic rings.